The van der Waals surface area contributed by atoms with E-state index in [2.05, 4.69) is 6.08 Å². The molecule has 2 aliphatic heterocycles. The van der Waals surface area contributed by atoms with Crippen LogP contribution in [-0.2, 0) is 4.79 Å². The van der Waals surface area contributed by atoms with Crippen molar-refractivity contribution < 1.29 is 18.8 Å². The first kappa shape index (κ1) is 16.0. The number of benzene rings is 1. The Hall–Kier alpha value is -2.50. The van der Waals surface area contributed by atoms with E-state index in [9.17, 15) is 18.8 Å². The van der Waals surface area contributed by atoms with Crippen LogP contribution in [-0.4, -0.2) is 40.6 Å². The van der Waals surface area contributed by atoms with Gasteiger partial charge >= 0.3 is 0 Å². The molecule has 0 N–H and O–H groups in total. The summed E-state index contributed by atoms with van der Waals surface area (Å²) in [5.41, 5.74) is 0.838. The van der Waals surface area contributed by atoms with Gasteiger partial charge in [-0.1, -0.05) is 12.1 Å². The number of nitrogens with zero attached hydrogens (tertiary/aromatic N) is 2. The van der Waals surface area contributed by atoms with Crippen molar-refractivity contribution in [2.24, 2.45) is 5.92 Å². The molecule has 130 valence electrons. The van der Waals surface area contributed by atoms with Crippen LogP contribution in [0.1, 0.15) is 52.8 Å². The molecule has 1 unspecified atom stereocenters. The topological polar surface area (TPSA) is 57.7 Å². The van der Waals surface area contributed by atoms with E-state index in [0.29, 0.717) is 12.5 Å². The number of imide groups is 1. The predicted octanol–water partition coefficient (Wildman–Crippen LogP) is 2.73. The molecule has 0 aromatic heterocycles. The number of allylic oxidation sites excluding steroid dienone is 2. The van der Waals surface area contributed by atoms with E-state index in [0.717, 1.165) is 48.8 Å². The van der Waals surface area contributed by atoms with Crippen LogP contribution in [0.2, 0.25) is 0 Å². The third-order valence-electron chi connectivity index (χ3n) is 5.32. The van der Waals surface area contributed by atoms with E-state index in [-0.39, 0.29) is 23.6 Å². The molecule has 0 spiro atoms. The summed E-state index contributed by atoms with van der Waals surface area (Å²) in [4.78, 5) is 40.2. The molecule has 1 saturated heterocycles. The SMILES string of the molecule is O=C(CN1C(=O)c2cccc(F)c2C1=O)N1CCCC2CCCC=C21. The van der Waals surface area contributed by atoms with Gasteiger partial charge in [-0.15, -0.1) is 0 Å². The maximum atomic E-state index is 13.9. The predicted molar refractivity (Wildman–Crippen MR) is 88.1 cm³/mol. The minimum Gasteiger partial charge on any atom is -0.315 e. The van der Waals surface area contributed by atoms with E-state index in [4.69, 9.17) is 0 Å². The second-order valence-corrected chi connectivity index (χ2v) is 6.80. The molecule has 0 radical (unpaired) electrons. The average Bonchev–Trinajstić information content (AvgIpc) is 2.87. The van der Waals surface area contributed by atoms with Gasteiger partial charge in [-0.05, 0) is 50.2 Å². The first-order valence-corrected chi connectivity index (χ1v) is 8.73. The lowest BCUT2D eigenvalue weighted by Gasteiger charge is -2.38. The Morgan fingerprint density at radius 3 is 2.76 bits per heavy atom. The van der Waals surface area contributed by atoms with Gasteiger partial charge in [0.2, 0.25) is 5.91 Å². The molecule has 1 fully saturated rings. The lowest BCUT2D eigenvalue weighted by atomic mass is 9.85. The fourth-order valence-corrected chi connectivity index (χ4v) is 4.10. The van der Waals surface area contributed by atoms with E-state index in [1.807, 2.05) is 0 Å². The molecule has 2 heterocycles. The zero-order chi connectivity index (χ0) is 17.6. The normalized spacial score (nSPS) is 22.6. The Balaban J connectivity index is 1.56. The highest BCUT2D eigenvalue weighted by Crippen LogP contribution is 2.35. The van der Waals surface area contributed by atoms with Gasteiger partial charge in [0.1, 0.15) is 12.4 Å². The summed E-state index contributed by atoms with van der Waals surface area (Å²) in [5, 5.41) is 0. The lowest BCUT2D eigenvalue weighted by molar-refractivity contribution is -0.130. The Bertz CT molecular complexity index is 802. The first-order chi connectivity index (χ1) is 12.1. The second kappa shape index (κ2) is 6.10. The van der Waals surface area contributed by atoms with Crippen LogP contribution in [0.4, 0.5) is 4.39 Å². The summed E-state index contributed by atoms with van der Waals surface area (Å²) >= 11 is 0. The fourth-order valence-electron chi connectivity index (χ4n) is 4.10. The summed E-state index contributed by atoms with van der Waals surface area (Å²) < 4.78 is 13.9. The number of likely N-dealkylation sites (tertiary alicyclic amines) is 1. The molecular formula is C19H19FN2O3. The maximum absolute atomic E-state index is 13.9. The second-order valence-electron chi connectivity index (χ2n) is 6.80. The largest absolute Gasteiger partial charge is 0.315 e. The van der Waals surface area contributed by atoms with Crippen LogP contribution in [0.15, 0.2) is 30.0 Å². The van der Waals surface area contributed by atoms with Gasteiger partial charge in [0.05, 0.1) is 11.1 Å². The quantitative estimate of drug-likeness (QED) is 0.777. The number of amides is 3. The Morgan fingerprint density at radius 1 is 1.16 bits per heavy atom. The van der Waals surface area contributed by atoms with Gasteiger partial charge < -0.3 is 4.90 Å². The minimum absolute atomic E-state index is 0.0335. The van der Waals surface area contributed by atoms with E-state index in [1.54, 1.807) is 4.90 Å². The van der Waals surface area contributed by atoms with Crippen LogP contribution in [0, 0.1) is 11.7 Å². The van der Waals surface area contributed by atoms with Crippen molar-refractivity contribution >= 4 is 17.7 Å². The number of hydrogen-bond acceptors (Lipinski definition) is 3. The number of carbonyl (C=O) groups excluding carboxylic acids is 3. The van der Waals surface area contributed by atoms with Crippen molar-refractivity contribution in [3.8, 4) is 0 Å². The van der Waals surface area contributed by atoms with Crippen LogP contribution in [0.25, 0.3) is 0 Å². The average molecular weight is 342 g/mol. The molecule has 1 aromatic carbocycles. The molecule has 1 aromatic rings. The Kier molecular flexibility index (Phi) is 3.90. The zero-order valence-corrected chi connectivity index (χ0v) is 13.8. The summed E-state index contributed by atoms with van der Waals surface area (Å²) in [6.45, 7) is 0.272. The van der Waals surface area contributed by atoms with Crippen LogP contribution in [0.5, 0.6) is 0 Å². The van der Waals surface area contributed by atoms with Crippen LogP contribution >= 0.6 is 0 Å². The van der Waals surface area contributed by atoms with Gasteiger partial charge in [0.15, 0.2) is 0 Å². The number of halogens is 1. The molecular weight excluding hydrogens is 323 g/mol. The summed E-state index contributed by atoms with van der Waals surface area (Å²) in [7, 11) is 0. The van der Waals surface area contributed by atoms with Crippen molar-refractivity contribution in [1.29, 1.82) is 0 Å². The summed E-state index contributed by atoms with van der Waals surface area (Å²) in [6.07, 6.45) is 7.27. The highest BCUT2D eigenvalue weighted by molar-refractivity contribution is 6.22. The molecule has 25 heavy (non-hydrogen) atoms. The first-order valence-electron chi connectivity index (χ1n) is 8.73. The molecule has 0 saturated carbocycles. The highest BCUT2D eigenvalue weighted by Gasteiger charge is 2.40. The van der Waals surface area contributed by atoms with E-state index >= 15 is 0 Å². The number of carbonyl (C=O) groups is 3. The maximum Gasteiger partial charge on any atom is 0.265 e. The molecule has 4 rings (SSSR count). The van der Waals surface area contributed by atoms with Gasteiger partial charge in [-0.3, -0.25) is 19.3 Å². The van der Waals surface area contributed by atoms with Gasteiger partial charge in [0.25, 0.3) is 11.8 Å². The van der Waals surface area contributed by atoms with Gasteiger partial charge in [0, 0.05) is 12.2 Å². The molecule has 1 aliphatic carbocycles. The number of piperidine rings is 1. The molecule has 1 atom stereocenters. The highest BCUT2D eigenvalue weighted by atomic mass is 19.1. The van der Waals surface area contributed by atoms with Gasteiger partial charge in [-0.25, -0.2) is 4.39 Å². The Morgan fingerprint density at radius 2 is 1.96 bits per heavy atom. The standard InChI is InChI=1S/C19H19FN2O3/c20-14-8-3-7-13-17(14)19(25)22(18(13)24)11-16(23)21-10-4-6-12-5-1-2-9-15(12)21/h3,7-9,12H,1-2,4-6,10-11H2. The van der Waals surface area contributed by atoms with Crippen molar-refractivity contribution in [3.63, 3.8) is 0 Å². The molecule has 5 nitrogen and oxygen atoms in total. The minimum atomic E-state index is -0.724. The van der Waals surface area contributed by atoms with Crippen molar-refractivity contribution in [1.82, 2.24) is 9.80 Å². The van der Waals surface area contributed by atoms with Crippen LogP contribution in [0.3, 0.4) is 0 Å². The monoisotopic (exact) mass is 342 g/mol. The molecule has 0 bridgehead atoms. The third kappa shape index (κ3) is 2.56. The Labute approximate surface area is 145 Å². The number of rotatable bonds is 2. The lowest BCUT2D eigenvalue weighted by Crippen LogP contribution is -2.45. The zero-order valence-electron chi connectivity index (χ0n) is 13.8. The van der Waals surface area contributed by atoms with Crippen LogP contribution < -0.4 is 0 Å². The van der Waals surface area contributed by atoms with Crippen molar-refractivity contribution in [2.45, 2.75) is 32.1 Å². The molecule has 6 heteroatoms. The third-order valence-corrected chi connectivity index (χ3v) is 5.32. The van der Waals surface area contributed by atoms with Crippen molar-refractivity contribution in [2.75, 3.05) is 13.1 Å². The number of fused-ring (bicyclic) bond motifs is 2. The molecule has 3 aliphatic rings. The number of hydrogen-bond donors (Lipinski definition) is 0. The smallest absolute Gasteiger partial charge is 0.265 e. The fraction of sp³-hybridized carbons (Fsp3) is 0.421. The van der Waals surface area contributed by atoms with E-state index < -0.39 is 17.6 Å². The summed E-state index contributed by atoms with van der Waals surface area (Å²) in [6, 6.07) is 3.97. The summed E-state index contributed by atoms with van der Waals surface area (Å²) in [5.74, 6) is -1.92. The molecule has 3 amide bonds. The van der Waals surface area contributed by atoms with Crippen molar-refractivity contribution in [3.05, 3.63) is 46.9 Å². The van der Waals surface area contributed by atoms with E-state index in [1.165, 1.54) is 12.1 Å². The van der Waals surface area contributed by atoms with Gasteiger partial charge in [-0.2, -0.15) is 0 Å².